The summed E-state index contributed by atoms with van der Waals surface area (Å²) in [5.74, 6) is 0.000101. The number of carbonyl (C=O) groups excluding carboxylic acids is 2. The number of nitrogens with zero attached hydrogens (tertiary/aromatic N) is 1. The minimum atomic E-state index is -0.476. The van der Waals surface area contributed by atoms with Crippen molar-refractivity contribution in [2.45, 2.75) is 27.7 Å². The van der Waals surface area contributed by atoms with E-state index in [9.17, 15) is 9.59 Å². The van der Waals surface area contributed by atoms with Gasteiger partial charge in [0.25, 0.3) is 11.8 Å². The average molecular weight is 415 g/mol. The predicted octanol–water partition coefficient (Wildman–Crippen LogP) is 4.22. The molecule has 6 nitrogen and oxygen atoms in total. The van der Waals surface area contributed by atoms with E-state index < -0.39 is 11.8 Å². The summed E-state index contributed by atoms with van der Waals surface area (Å²) in [6.45, 7) is 8.51. The summed E-state index contributed by atoms with van der Waals surface area (Å²) in [6, 6.07) is 8.90. The fourth-order valence-electron chi connectivity index (χ4n) is 2.99. The Labute approximate surface area is 175 Å². The van der Waals surface area contributed by atoms with Gasteiger partial charge in [-0.1, -0.05) is 17.7 Å². The third-order valence-electron chi connectivity index (χ3n) is 4.57. The minimum absolute atomic E-state index is 0.0194. The van der Waals surface area contributed by atoms with Crippen molar-refractivity contribution in [1.29, 1.82) is 0 Å². The Morgan fingerprint density at radius 3 is 2.41 bits per heavy atom. The van der Waals surface area contributed by atoms with Crippen molar-refractivity contribution in [3.8, 4) is 11.5 Å². The first kappa shape index (κ1) is 20.7. The Bertz CT molecular complexity index is 1000. The summed E-state index contributed by atoms with van der Waals surface area (Å²) in [5.41, 5.74) is 5.94. The van der Waals surface area contributed by atoms with Crippen LogP contribution < -0.4 is 19.9 Å². The van der Waals surface area contributed by atoms with Crippen molar-refractivity contribution in [2.24, 2.45) is 0 Å². The molecule has 0 radical (unpaired) electrons. The van der Waals surface area contributed by atoms with Gasteiger partial charge in [-0.15, -0.1) is 0 Å². The molecule has 1 heterocycles. The van der Waals surface area contributed by atoms with E-state index in [4.69, 9.17) is 21.1 Å². The molecule has 2 amide bonds. The van der Waals surface area contributed by atoms with Crippen molar-refractivity contribution in [2.75, 3.05) is 18.2 Å². The molecular weight excluding hydrogens is 392 g/mol. The molecular formula is C22H23ClN2O4. The molecule has 3 rings (SSSR count). The monoisotopic (exact) mass is 414 g/mol. The molecule has 7 heteroatoms. The maximum atomic E-state index is 12.9. The summed E-state index contributed by atoms with van der Waals surface area (Å²) in [6.07, 6.45) is 1.50. The predicted molar refractivity (Wildman–Crippen MR) is 113 cm³/mol. The largest absolute Gasteiger partial charge is 0.490 e. The standard InChI is InChI=1S/C22H23ClN2O4/c1-5-28-19-12-15(11-18(23)20(19)29-6-2)10-17-21(26)24-25(22(17)27)16-8-7-13(3)14(4)9-16/h7-12H,5-6H2,1-4H3,(H,24,26)/b17-10+. The first-order chi connectivity index (χ1) is 13.8. The lowest BCUT2D eigenvalue weighted by atomic mass is 10.1. The van der Waals surface area contributed by atoms with Crippen molar-refractivity contribution < 1.29 is 19.1 Å². The van der Waals surface area contributed by atoms with Gasteiger partial charge in [-0.25, -0.2) is 5.01 Å². The molecule has 2 aromatic carbocycles. The van der Waals surface area contributed by atoms with Gasteiger partial charge in [-0.3, -0.25) is 15.0 Å². The van der Waals surface area contributed by atoms with E-state index in [0.29, 0.717) is 41.0 Å². The zero-order chi connectivity index (χ0) is 21.1. The number of benzene rings is 2. The van der Waals surface area contributed by atoms with Crippen LogP contribution in [0.15, 0.2) is 35.9 Å². The molecule has 0 aromatic heterocycles. The van der Waals surface area contributed by atoms with Crippen LogP contribution in [0, 0.1) is 13.8 Å². The number of hydrogen-bond acceptors (Lipinski definition) is 4. The highest BCUT2D eigenvalue weighted by Gasteiger charge is 2.34. The summed E-state index contributed by atoms with van der Waals surface area (Å²) >= 11 is 6.33. The molecule has 1 aliphatic heterocycles. The van der Waals surface area contributed by atoms with E-state index >= 15 is 0 Å². The smallest absolute Gasteiger partial charge is 0.282 e. The second kappa shape index (κ2) is 8.57. The highest BCUT2D eigenvalue weighted by Crippen LogP contribution is 2.37. The lowest BCUT2D eigenvalue weighted by molar-refractivity contribution is -0.117. The van der Waals surface area contributed by atoms with Gasteiger partial charge in [0.1, 0.15) is 5.57 Å². The summed E-state index contributed by atoms with van der Waals surface area (Å²) in [4.78, 5) is 25.3. The summed E-state index contributed by atoms with van der Waals surface area (Å²) < 4.78 is 11.2. The zero-order valence-corrected chi connectivity index (χ0v) is 17.6. The molecule has 0 atom stereocenters. The third-order valence-corrected chi connectivity index (χ3v) is 4.85. The maximum absolute atomic E-state index is 12.9. The Morgan fingerprint density at radius 1 is 1.03 bits per heavy atom. The Morgan fingerprint density at radius 2 is 1.76 bits per heavy atom. The Balaban J connectivity index is 1.96. The second-order valence-electron chi connectivity index (χ2n) is 6.60. The van der Waals surface area contributed by atoms with Crippen LogP contribution in [-0.4, -0.2) is 25.0 Å². The quantitative estimate of drug-likeness (QED) is 0.567. The minimum Gasteiger partial charge on any atom is -0.490 e. The lowest BCUT2D eigenvalue weighted by Crippen LogP contribution is -2.35. The third kappa shape index (κ3) is 4.22. The van der Waals surface area contributed by atoms with Crippen molar-refractivity contribution in [1.82, 2.24) is 5.43 Å². The van der Waals surface area contributed by atoms with Crippen LogP contribution in [0.1, 0.15) is 30.5 Å². The lowest BCUT2D eigenvalue weighted by Gasteiger charge is -2.16. The van der Waals surface area contributed by atoms with Crippen molar-refractivity contribution >= 4 is 35.2 Å². The molecule has 0 unspecified atom stereocenters. The van der Waals surface area contributed by atoms with Crippen LogP contribution in [0.5, 0.6) is 11.5 Å². The van der Waals surface area contributed by atoms with Crippen molar-refractivity contribution in [3.63, 3.8) is 0 Å². The first-order valence-electron chi connectivity index (χ1n) is 9.39. The topological polar surface area (TPSA) is 67.9 Å². The van der Waals surface area contributed by atoms with Gasteiger partial charge in [-0.05, 0) is 74.7 Å². The molecule has 1 aliphatic rings. The number of amides is 2. The average Bonchev–Trinajstić information content (AvgIpc) is 2.95. The van der Waals surface area contributed by atoms with E-state index in [1.165, 1.54) is 11.1 Å². The number of nitrogens with one attached hydrogen (secondary N) is 1. The molecule has 2 aromatic rings. The van der Waals surface area contributed by atoms with Gasteiger partial charge >= 0.3 is 0 Å². The Kier molecular flexibility index (Phi) is 6.13. The molecule has 0 saturated carbocycles. The van der Waals surface area contributed by atoms with Gasteiger partial charge in [0, 0.05) is 0 Å². The normalized spacial score (nSPS) is 15.1. The van der Waals surface area contributed by atoms with Gasteiger partial charge < -0.3 is 9.47 Å². The summed E-state index contributed by atoms with van der Waals surface area (Å²) in [7, 11) is 0. The highest BCUT2D eigenvalue weighted by molar-refractivity contribution is 6.33. The van der Waals surface area contributed by atoms with E-state index in [1.54, 1.807) is 18.2 Å². The van der Waals surface area contributed by atoms with Crippen LogP contribution >= 0.6 is 11.6 Å². The molecule has 1 saturated heterocycles. The summed E-state index contributed by atoms with van der Waals surface area (Å²) in [5, 5.41) is 1.60. The number of aryl methyl sites for hydroxylation is 2. The fourth-order valence-corrected chi connectivity index (χ4v) is 3.26. The molecule has 1 fully saturated rings. The van der Waals surface area contributed by atoms with E-state index in [2.05, 4.69) is 5.43 Å². The molecule has 0 aliphatic carbocycles. The van der Waals surface area contributed by atoms with Crippen LogP contribution in [0.3, 0.4) is 0 Å². The van der Waals surface area contributed by atoms with E-state index in [1.807, 2.05) is 39.8 Å². The van der Waals surface area contributed by atoms with E-state index in [0.717, 1.165) is 11.1 Å². The zero-order valence-electron chi connectivity index (χ0n) is 16.8. The molecule has 0 spiro atoms. The number of anilines is 1. The second-order valence-corrected chi connectivity index (χ2v) is 7.01. The number of rotatable bonds is 6. The van der Waals surface area contributed by atoms with Gasteiger partial charge in [-0.2, -0.15) is 0 Å². The van der Waals surface area contributed by atoms with Crippen LogP contribution in [0.4, 0.5) is 5.69 Å². The number of ether oxygens (including phenoxy) is 2. The van der Waals surface area contributed by atoms with Gasteiger partial charge in [0.15, 0.2) is 11.5 Å². The number of halogens is 1. The number of carbonyl (C=O) groups is 2. The first-order valence-corrected chi connectivity index (χ1v) is 9.77. The molecule has 152 valence electrons. The SMILES string of the molecule is CCOc1cc(/C=C2\C(=O)NN(c3ccc(C)c(C)c3)C2=O)cc(Cl)c1OCC. The van der Waals surface area contributed by atoms with Gasteiger partial charge in [0.2, 0.25) is 0 Å². The molecule has 29 heavy (non-hydrogen) atoms. The van der Waals surface area contributed by atoms with Crippen LogP contribution in [0.25, 0.3) is 6.08 Å². The van der Waals surface area contributed by atoms with Crippen LogP contribution in [-0.2, 0) is 9.59 Å². The Hall–Kier alpha value is -2.99. The van der Waals surface area contributed by atoms with Crippen LogP contribution in [0.2, 0.25) is 5.02 Å². The molecule has 0 bridgehead atoms. The van der Waals surface area contributed by atoms with Crippen molar-refractivity contribution in [3.05, 3.63) is 57.6 Å². The highest BCUT2D eigenvalue weighted by atomic mass is 35.5. The molecule has 1 N–H and O–H groups in total. The fraction of sp³-hybridized carbons (Fsp3) is 0.273. The van der Waals surface area contributed by atoms with E-state index in [-0.39, 0.29) is 5.57 Å². The van der Waals surface area contributed by atoms with Gasteiger partial charge in [0.05, 0.1) is 23.9 Å². The number of hydrazine groups is 1. The number of hydrogen-bond donors (Lipinski definition) is 1. The maximum Gasteiger partial charge on any atom is 0.282 e.